The third kappa shape index (κ3) is 2.70. The summed E-state index contributed by atoms with van der Waals surface area (Å²) in [7, 11) is 0. The van der Waals surface area contributed by atoms with Crippen molar-refractivity contribution in [2.45, 2.75) is 25.8 Å². The maximum Gasteiger partial charge on any atom is 0.274 e. The van der Waals surface area contributed by atoms with Crippen molar-refractivity contribution in [3.05, 3.63) is 59.9 Å². The number of benzene rings is 1. The van der Waals surface area contributed by atoms with E-state index < -0.39 is 0 Å². The van der Waals surface area contributed by atoms with E-state index in [-0.39, 0.29) is 11.9 Å². The van der Waals surface area contributed by atoms with Crippen molar-refractivity contribution in [3.63, 3.8) is 0 Å². The van der Waals surface area contributed by atoms with Gasteiger partial charge >= 0.3 is 0 Å². The molecule has 0 spiro atoms. The Labute approximate surface area is 157 Å². The van der Waals surface area contributed by atoms with Crippen LogP contribution in [0.3, 0.4) is 0 Å². The van der Waals surface area contributed by atoms with Crippen molar-refractivity contribution in [2.24, 2.45) is 5.92 Å². The molecule has 3 aromatic rings. The predicted molar refractivity (Wildman–Crippen MR) is 99.0 cm³/mol. The first-order valence-electron chi connectivity index (χ1n) is 9.28. The van der Waals surface area contributed by atoms with Gasteiger partial charge in [-0.25, -0.2) is 4.98 Å². The van der Waals surface area contributed by atoms with E-state index in [4.69, 9.17) is 0 Å². The van der Waals surface area contributed by atoms with Crippen LogP contribution in [0.5, 0.6) is 0 Å². The van der Waals surface area contributed by atoms with Gasteiger partial charge in [0.05, 0.1) is 17.9 Å². The Morgan fingerprint density at radius 2 is 1.93 bits per heavy atom. The Kier molecular flexibility index (Phi) is 3.74. The van der Waals surface area contributed by atoms with E-state index in [1.165, 1.54) is 0 Å². The molecule has 0 bridgehead atoms. The van der Waals surface area contributed by atoms with Crippen molar-refractivity contribution in [2.75, 3.05) is 13.1 Å². The third-order valence-electron chi connectivity index (χ3n) is 5.56. The second-order valence-electron chi connectivity index (χ2n) is 7.30. The molecule has 2 atom stereocenters. The maximum atomic E-state index is 12.9. The van der Waals surface area contributed by atoms with Gasteiger partial charge in [0.1, 0.15) is 11.5 Å². The lowest BCUT2D eigenvalue weighted by Crippen LogP contribution is -2.30. The van der Waals surface area contributed by atoms with Gasteiger partial charge in [-0.05, 0) is 19.3 Å². The van der Waals surface area contributed by atoms with Crippen LogP contribution in [0.1, 0.15) is 34.5 Å². The summed E-state index contributed by atoms with van der Waals surface area (Å²) in [5.41, 5.74) is 2.28. The zero-order valence-electron chi connectivity index (χ0n) is 15.1. The van der Waals surface area contributed by atoms with Gasteiger partial charge in [0.2, 0.25) is 0 Å². The second-order valence-corrected chi connectivity index (χ2v) is 7.30. The number of carbonyl (C=O) groups excluding carboxylic acids is 1. The van der Waals surface area contributed by atoms with Crippen molar-refractivity contribution in [3.8, 4) is 11.4 Å². The molecule has 7 nitrogen and oxygen atoms in total. The maximum absolute atomic E-state index is 12.9. The fourth-order valence-electron chi connectivity index (χ4n) is 4.20. The number of hydrogen-bond acceptors (Lipinski definition) is 5. The first-order valence-corrected chi connectivity index (χ1v) is 9.28. The zero-order chi connectivity index (χ0) is 18.4. The number of rotatable bonds is 2. The molecule has 5 rings (SSSR count). The molecule has 0 radical (unpaired) electrons. The molecule has 27 heavy (non-hydrogen) atoms. The number of nitrogens with zero attached hydrogens (tertiary/aromatic N) is 6. The van der Waals surface area contributed by atoms with Gasteiger partial charge in [0.15, 0.2) is 5.82 Å². The molecule has 0 aliphatic carbocycles. The van der Waals surface area contributed by atoms with Gasteiger partial charge in [0, 0.05) is 31.3 Å². The van der Waals surface area contributed by atoms with Crippen LogP contribution in [0.15, 0.2) is 42.7 Å². The molecule has 4 heterocycles. The molecule has 2 aliphatic heterocycles. The molecule has 2 aromatic heterocycles. The standard InChI is InChI=1S/C20H20N6O/c1-13-9-22-16(10-21-13)20(27)25-11-15-7-8-18-23-24-19(26(18)17(15)12-25)14-5-3-2-4-6-14/h2-6,9-10,15,17H,7-8,11-12H2,1H3/t15-,17+/m1/s1. The van der Waals surface area contributed by atoms with Gasteiger partial charge in [-0.1, -0.05) is 30.3 Å². The fourth-order valence-corrected chi connectivity index (χ4v) is 4.20. The Bertz CT molecular complexity index is 981. The van der Waals surface area contributed by atoms with Crippen molar-refractivity contribution in [1.29, 1.82) is 0 Å². The van der Waals surface area contributed by atoms with E-state index in [2.05, 4.69) is 36.9 Å². The Morgan fingerprint density at radius 1 is 1.07 bits per heavy atom. The van der Waals surface area contributed by atoms with Crippen LogP contribution in [-0.2, 0) is 6.42 Å². The van der Waals surface area contributed by atoms with Crippen LogP contribution in [0, 0.1) is 12.8 Å². The molecule has 136 valence electrons. The highest BCUT2D eigenvalue weighted by atomic mass is 16.2. The molecular weight excluding hydrogens is 340 g/mol. The molecule has 1 aromatic carbocycles. The summed E-state index contributed by atoms with van der Waals surface area (Å²) < 4.78 is 2.25. The lowest BCUT2D eigenvalue weighted by Gasteiger charge is -2.27. The Balaban J connectivity index is 1.46. The lowest BCUT2D eigenvalue weighted by molar-refractivity contribution is 0.0778. The molecule has 2 aliphatic rings. The average Bonchev–Trinajstić information content (AvgIpc) is 3.32. The summed E-state index contributed by atoms with van der Waals surface area (Å²) in [5, 5.41) is 8.87. The lowest BCUT2D eigenvalue weighted by atomic mass is 9.93. The first kappa shape index (κ1) is 16.1. The van der Waals surface area contributed by atoms with Crippen LogP contribution >= 0.6 is 0 Å². The van der Waals surface area contributed by atoms with Crippen LogP contribution in [0.25, 0.3) is 11.4 Å². The minimum Gasteiger partial charge on any atom is -0.335 e. The third-order valence-corrected chi connectivity index (χ3v) is 5.56. The van der Waals surface area contributed by atoms with Crippen molar-refractivity contribution >= 4 is 5.91 Å². The van der Waals surface area contributed by atoms with E-state index in [9.17, 15) is 4.79 Å². The number of likely N-dealkylation sites (tertiary alicyclic amines) is 1. The molecule has 1 amide bonds. The minimum atomic E-state index is -0.0483. The monoisotopic (exact) mass is 360 g/mol. The summed E-state index contributed by atoms with van der Waals surface area (Å²) in [6, 6.07) is 10.3. The second kappa shape index (κ2) is 6.26. The highest BCUT2D eigenvalue weighted by molar-refractivity contribution is 5.92. The normalized spacial score (nSPS) is 21.0. The zero-order valence-corrected chi connectivity index (χ0v) is 15.1. The average molecular weight is 360 g/mol. The molecule has 1 saturated heterocycles. The van der Waals surface area contributed by atoms with Crippen molar-refractivity contribution in [1.82, 2.24) is 29.6 Å². The number of fused-ring (bicyclic) bond motifs is 3. The Hall–Kier alpha value is -3.09. The van der Waals surface area contributed by atoms with Crippen LogP contribution < -0.4 is 0 Å². The molecule has 0 unspecified atom stereocenters. The van der Waals surface area contributed by atoms with Crippen LogP contribution in [0.4, 0.5) is 0 Å². The van der Waals surface area contributed by atoms with E-state index in [1.54, 1.807) is 12.4 Å². The van der Waals surface area contributed by atoms with E-state index >= 15 is 0 Å². The summed E-state index contributed by atoms with van der Waals surface area (Å²) in [5.74, 6) is 2.27. The number of aryl methyl sites for hydroxylation is 2. The van der Waals surface area contributed by atoms with Crippen molar-refractivity contribution < 1.29 is 4.79 Å². The quantitative estimate of drug-likeness (QED) is 0.701. The van der Waals surface area contributed by atoms with Gasteiger partial charge < -0.3 is 9.47 Å². The molecule has 7 heteroatoms. The number of carbonyl (C=O) groups is 1. The first-order chi connectivity index (χ1) is 13.2. The number of hydrogen-bond donors (Lipinski definition) is 0. The minimum absolute atomic E-state index is 0.0483. The van der Waals surface area contributed by atoms with Gasteiger partial charge in [-0.3, -0.25) is 9.78 Å². The number of amides is 1. The molecule has 1 fully saturated rings. The SMILES string of the molecule is Cc1cnc(C(=O)N2C[C@H]3CCc4nnc(-c5ccccc5)n4[C@H]3C2)cn1. The highest BCUT2D eigenvalue weighted by Crippen LogP contribution is 2.39. The van der Waals surface area contributed by atoms with Crippen LogP contribution in [0.2, 0.25) is 0 Å². The summed E-state index contributed by atoms with van der Waals surface area (Å²) in [6.07, 6.45) is 5.13. The Morgan fingerprint density at radius 3 is 2.70 bits per heavy atom. The highest BCUT2D eigenvalue weighted by Gasteiger charge is 2.41. The largest absolute Gasteiger partial charge is 0.335 e. The van der Waals surface area contributed by atoms with E-state index in [0.29, 0.717) is 18.2 Å². The topological polar surface area (TPSA) is 76.8 Å². The van der Waals surface area contributed by atoms with Gasteiger partial charge in [-0.2, -0.15) is 0 Å². The van der Waals surface area contributed by atoms with Gasteiger partial charge in [-0.15, -0.1) is 10.2 Å². The number of aromatic nitrogens is 5. The summed E-state index contributed by atoms with van der Waals surface area (Å²) in [6.45, 7) is 3.26. The predicted octanol–water partition coefficient (Wildman–Crippen LogP) is 2.30. The molecular formula is C20H20N6O. The smallest absolute Gasteiger partial charge is 0.274 e. The fraction of sp³-hybridized carbons (Fsp3) is 0.350. The molecule has 0 N–H and O–H groups in total. The summed E-state index contributed by atoms with van der Waals surface area (Å²) >= 11 is 0. The van der Waals surface area contributed by atoms with Gasteiger partial charge in [0.25, 0.3) is 5.91 Å². The van der Waals surface area contributed by atoms with E-state index in [0.717, 1.165) is 42.3 Å². The summed E-state index contributed by atoms with van der Waals surface area (Å²) in [4.78, 5) is 23.3. The van der Waals surface area contributed by atoms with E-state index in [1.807, 2.05) is 30.0 Å². The molecule has 0 saturated carbocycles. The van der Waals surface area contributed by atoms with Crippen LogP contribution in [-0.4, -0.2) is 48.6 Å².